The van der Waals surface area contributed by atoms with Gasteiger partial charge in [-0.3, -0.25) is 9.36 Å². The van der Waals surface area contributed by atoms with Crippen molar-refractivity contribution in [1.29, 1.82) is 0 Å². The fourth-order valence-corrected chi connectivity index (χ4v) is 5.43. The van der Waals surface area contributed by atoms with Gasteiger partial charge in [0, 0.05) is 18.4 Å². The topological polar surface area (TPSA) is 74.8 Å². The number of aryl methyl sites for hydroxylation is 1. The second-order valence-corrected chi connectivity index (χ2v) is 9.58. The lowest BCUT2D eigenvalue weighted by Crippen LogP contribution is -2.40. The minimum atomic E-state index is -0.650. The Morgan fingerprint density at radius 3 is 2.63 bits per heavy atom. The van der Waals surface area contributed by atoms with Crippen molar-refractivity contribution < 1.29 is 14.3 Å². The van der Waals surface area contributed by atoms with Crippen LogP contribution in [0.15, 0.2) is 51.4 Å². The summed E-state index contributed by atoms with van der Waals surface area (Å²) in [5.41, 5.74) is 4.86. The third kappa shape index (κ3) is 4.50. The lowest BCUT2D eigenvalue weighted by atomic mass is 9.94. The maximum Gasteiger partial charge on any atom is 0.338 e. The Morgan fingerprint density at radius 2 is 2.00 bits per heavy atom. The van der Waals surface area contributed by atoms with Gasteiger partial charge in [0.05, 0.1) is 35.6 Å². The number of hydrogen-bond acceptors (Lipinski definition) is 6. The number of carbonyl (C=O) groups is 1. The molecule has 4 rings (SSSR count). The quantitative estimate of drug-likeness (QED) is 0.472. The lowest BCUT2D eigenvalue weighted by molar-refractivity contribution is -0.139. The molecule has 0 unspecified atom stereocenters. The van der Waals surface area contributed by atoms with Crippen LogP contribution >= 0.6 is 11.3 Å². The molecule has 0 radical (unpaired) electrons. The second-order valence-electron chi connectivity index (χ2n) is 8.58. The molecule has 3 aromatic rings. The number of rotatable bonds is 7. The Labute approximate surface area is 208 Å². The standard InChI is InChI=1S/C27H31N3O4S/c1-7-10-21-23(26(32)34-8-2)24(18-11-9-12-20(14-18)33-6)30-25(31)22(35-27(30)28-21)15-19-13-16(3)29(5)17(19)4/h9,11-15,24H,7-8,10H2,1-6H3/b22-15+/t24-/m0/s1. The van der Waals surface area contributed by atoms with Gasteiger partial charge in [0.15, 0.2) is 4.80 Å². The van der Waals surface area contributed by atoms with Crippen molar-refractivity contribution >= 4 is 23.4 Å². The number of benzene rings is 1. The number of fused-ring (bicyclic) bond motifs is 1. The van der Waals surface area contributed by atoms with E-state index in [9.17, 15) is 9.59 Å². The number of hydrogen-bond donors (Lipinski definition) is 0. The summed E-state index contributed by atoms with van der Waals surface area (Å²) in [6.45, 7) is 8.13. The van der Waals surface area contributed by atoms with Crippen molar-refractivity contribution in [2.75, 3.05) is 13.7 Å². The van der Waals surface area contributed by atoms with Crippen LogP contribution in [0, 0.1) is 13.8 Å². The number of methoxy groups -OCH3 is 1. The zero-order valence-electron chi connectivity index (χ0n) is 21.0. The minimum Gasteiger partial charge on any atom is -0.497 e. The molecule has 2 aromatic heterocycles. The fraction of sp³-hybridized carbons (Fsp3) is 0.370. The van der Waals surface area contributed by atoms with Crippen LogP contribution in [0.2, 0.25) is 0 Å². The Bertz CT molecular complexity index is 1490. The maximum absolute atomic E-state index is 13.8. The highest BCUT2D eigenvalue weighted by Gasteiger charge is 2.34. The van der Waals surface area contributed by atoms with Crippen LogP contribution in [0.3, 0.4) is 0 Å². The fourth-order valence-electron chi connectivity index (χ4n) is 4.42. The molecular weight excluding hydrogens is 462 g/mol. The Kier molecular flexibility index (Phi) is 7.12. The summed E-state index contributed by atoms with van der Waals surface area (Å²) in [6.07, 6.45) is 3.34. The maximum atomic E-state index is 13.8. The molecule has 35 heavy (non-hydrogen) atoms. The lowest BCUT2D eigenvalue weighted by Gasteiger charge is -2.26. The third-order valence-corrected chi connectivity index (χ3v) is 7.39. The van der Waals surface area contributed by atoms with Crippen molar-refractivity contribution in [3.05, 3.63) is 83.8 Å². The van der Waals surface area contributed by atoms with E-state index in [1.165, 1.54) is 11.3 Å². The van der Waals surface area contributed by atoms with E-state index in [2.05, 4.69) is 10.6 Å². The van der Waals surface area contributed by atoms with Crippen LogP contribution in [-0.4, -0.2) is 28.8 Å². The second kappa shape index (κ2) is 10.1. The minimum absolute atomic E-state index is 0.181. The van der Waals surface area contributed by atoms with Crippen LogP contribution < -0.4 is 19.6 Å². The van der Waals surface area contributed by atoms with E-state index in [1.807, 2.05) is 58.2 Å². The van der Waals surface area contributed by atoms with E-state index in [4.69, 9.17) is 14.5 Å². The highest BCUT2D eigenvalue weighted by atomic mass is 32.1. The number of ether oxygens (including phenoxy) is 2. The summed E-state index contributed by atoms with van der Waals surface area (Å²) in [5.74, 6) is 0.202. The third-order valence-electron chi connectivity index (χ3n) is 6.40. The van der Waals surface area contributed by atoms with Gasteiger partial charge >= 0.3 is 5.97 Å². The van der Waals surface area contributed by atoms with E-state index < -0.39 is 12.0 Å². The van der Waals surface area contributed by atoms with Gasteiger partial charge in [-0.25, -0.2) is 9.79 Å². The van der Waals surface area contributed by atoms with Gasteiger partial charge in [0.1, 0.15) is 5.75 Å². The normalized spacial score (nSPS) is 15.7. The zero-order chi connectivity index (χ0) is 25.3. The van der Waals surface area contributed by atoms with Gasteiger partial charge in [0.25, 0.3) is 5.56 Å². The first-order valence-electron chi connectivity index (χ1n) is 11.8. The zero-order valence-corrected chi connectivity index (χ0v) is 21.9. The van der Waals surface area contributed by atoms with Gasteiger partial charge in [0.2, 0.25) is 0 Å². The molecule has 0 fully saturated rings. The van der Waals surface area contributed by atoms with Crippen molar-refractivity contribution in [1.82, 2.24) is 9.13 Å². The molecule has 8 heteroatoms. The van der Waals surface area contributed by atoms with Crippen LogP contribution in [0.1, 0.15) is 55.2 Å². The predicted octanol–water partition coefficient (Wildman–Crippen LogP) is 3.54. The van der Waals surface area contributed by atoms with Crippen molar-refractivity contribution in [2.45, 2.75) is 46.6 Å². The van der Waals surface area contributed by atoms with Gasteiger partial charge in [-0.05, 0) is 62.6 Å². The Hall–Kier alpha value is -3.39. The smallest absolute Gasteiger partial charge is 0.338 e. The van der Waals surface area contributed by atoms with Gasteiger partial charge in [-0.15, -0.1) is 0 Å². The van der Waals surface area contributed by atoms with E-state index in [-0.39, 0.29) is 12.2 Å². The molecule has 0 amide bonds. The highest BCUT2D eigenvalue weighted by molar-refractivity contribution is 7.07. The molecule has 0 N–H and O–H groups in total. The number of esters is 1. The average Bonchev–Trinajstić information content (AvgIpc) is 3.28. The number of aromatic nitrogens is 2. The largest absolute Gasteiger partial charge is 0.497 e. The van der Waals surface area contributed by atoms with Crippen molar-refractivity contribution in [3.8, 4) is 5.75 Å². The molecule has 184 valence electrons. The summed E-state index contributed by atoms with van der Waals surface area (Å²) in [4.78, 5) is 32.4. The van der Waals surface area contributed by atoms with Crippen LogP contribution in [-0.2, 0) is 16.6 Å². The molecule has 0 bridgehead atoms. The first-order chi connectivity index (χ1) is 16.8. The molecule has 0 aliphatic carbocycles. The average molecular weight is 494 g/mol. The molecule has 1 atom stereocenters. The van der Waals surface area contributed by atoms with Gasteiger partial charge in [-0.1, -0.05) is 36.8 Å². The summed E-state index contributed by atoms with van der Waals surface area (Å²) in [5, 5.41) is 0. The molecule has 3 heterocycles. The summed E-state index contributed by atoms with van der Waals surface area (Å²) in [7, 11) is 3.61. The SMILES string of the molecule is CCCC1=C(C(=O)OCC)[C@H](c2cccc(OC)c2)n2c(s/c(=C/c3cc(C)n(C)c3C)c2=O)=N1. The number of thiazole rings is 1. The Balaban J connectivity index is 2.02. The predicted molar refractivity (Wildman–Crippen MR) is 138 cm³/mol. The van der Waals surface area contributed by atoms with Gasteiger partial charge in [-0.2, -0.15) is 0 Å². The van der Waals surface area contributed by atoms with E-state index in [0.29, 0.717) is 32.8 Å². The number of allylic oxidation sites excluding steroid dienone is 1. The molecule has 7 nitrogen and oxygen atoms in total. The monoisotopic (exact) mass is 493 g/mol. The molecule has 0 saturated heterocycles. The van der Waals surface area contributed by atoms with E-state index in [1.54, 1.807) is 18.6 Å². The summed E-state index contributed by atoms with van der Waals surface area (Å²) in [6, 6.07) is 8.89. The number of nitrogens with zero attached hydrogens (tertiary/aromatic N) is 3. The highest BCUT2D eigenvalue weighted by Crippen LogP contribution is 2.33. The first-order valence-corrected chi connectivity index (χ1v) is 12.6. The summed E-state index contributed by atoms with van der Waals surface area (Å²) < 4.78 is 15.2. The first kappa shape index (κ1) is 24.7. The van der Waals surface area contributed by atoms with Crippen LogP contribution in [0.25, 0.3) is 6.08 Å². The summed E-state index contributed by atoms with van der Waals surface area (Å²) >= 11 is 1.35. The molecule has 0 saturated carbocycles. The Morgan fingerprint density at radius 1 is 1.23 bits per heavy atom. The van der Waals surface area contributed by atoms with Crippen molar-refractivity contribution in [2.24, 2.45) is 12.0 Å². The van der Waals surface area contributed by atoms with Crippen LogP contribution in [0.4, 0.5) is 0 Å². The molecular formula is C27H31N3O4S. The van der Waals surface area contributed by atoms with Crippen molar-refractivity contribution in [3.63, 3.8) is 0 Å². The van der Waals surface area contributed by atoms with E-state index in [0.717, 1.165) is 28.9 Å². The van der Waals surface area contributed by atoms with E-state index >= 15 is 0 Å². The van der Waals surface area contributed by atoms with Gasteiger partial charge < -0.3 is 14.0 Å². The molecule has 0 spiro atoms. The number of carbonyl (C=O) groups excluding carboxylic acids is 1. The molecule has 1 aromatic carbocycles. The molecule has 1 aliphatic heterocycles. The molecule has 1 aliphatic rings. The van der Waals surface area contributed by atoms with Crippen LogP contribution in [0.5, 0.6) is 5.75 Å².